The number of nitrogens with zero attached hydrogens (tertiary/aromatic N) is 4. The van der Waals surface area contributed by atoms with Gasteiger partial charge in [-0.2, -0.15) is 0 Å². The number of hydrogen-bond acceptors (Lipinski definition) is 3. The summed E-state index contributed by atoms with van der Waals surface area (Å²) in [4.78, 5) is 11.4. The SMILES string of the molecule is Cc1ccc(N2C(=S)N[C@@H](c3ccccn3)[C@@H]2c2cccn2Cc2ccccn2)cc1. The van der Waals surface area contributed by atoms with Crippen LogP contribution >= 0.6 is 12.2 Å². The van der Waals surface area contributed by atoms with E-state index in [1.807, 2.05) is 36.7 Å². The lowest BCUT2D eigenvalue weighted by atomic mass is 10.0. The van der Waals surface area contributed by atoms with Crippen LogP contribution in [-0.2, 0) is 6.54 Å². The lowest BCUT2D eigenvalue weighted by Gasteiger charge is -2.29. The van der Waals surface area contributed by atoms with Crippen molar-refractivity contribution < 1.29 is 0 Å². The molecular weight excluding hydrogens is 402 g/mol. The highest BCUT2D eigenvalue weighted by Gasteiger charge is 2.41. The highest BCUT2D eigenvalue weighted by molar-refractivity contribution is 7.80. The van der Waals surface area contributed by atoms with Gasteiger partial charge in [0.15, 0.2) is 5.11 Å². The molecular formula is C25H23N5S. The molecule has 31 heavy (non-hydrogen) atoms. The molecule has 1 aliphatic heterocycles. The number of benzene rings is 1. The molecule has 6 heteroatoms. The molecule has 4 aromatic rings. The number of pyridine rings is 2. The first-order chi connectivity index (χ1) is 15.2. The fraction of sp³-hybridized carbons (Fsp3) is 0.160. The van der Waals surface area contributed by atoms with E-state index in [1.165, 1.54) is 5.56 Å². The van der Waals surface area contributed by atoms with Crippen LogP contribution in [0, 0.1) is 6.92 Å². The van der Waals surface area contributed by atoms with Crippen LogP contribution in [0.2, 0.25) is 0 Å². The van der Waals surface area contributed by atoms with E-state index in [2.05, 4.69) is 86.4 Å². The van der Waals surface area contributed by atoms with Crippen LogP contribution in [0.25, 0.3) is 0 Å². The Bertz CT molecular complexity index is 1170. The molecule has 1 N–H and O–H groups in total. The van der Waals surface area contributed by atoms with Gasteiger partial charge in [0.1, 0.15) is 6.04 Å². The molecule has 0 spiro atoms. The van der Waals surface area contributed by atoms with Gasteiger partial charge >= 0.3 is 0 Å². The Hall–Kier alpha value is -3.51. The van der Waals surface area contributed by atoms with Crippen molar-refractivity contribution in [1.82, 2.24) is 19.9 Å². The van der Waals surface area contributed by atoms with Gasteiger partial charge in [0, 0.05) is 30.0 Å². The molecule has 0 saturated carbocycles. The zero-order valence-corrected chi connectivity index (χ0v) is 18.0. The molecule has 154 valence electrons. The quantitative estimate of drug-likeness (QED) is 0.465. The average Bonchev–Trinajstić information content (AvgIpc) is 3.39. The van der Waals surface area contributed by atoms with Crippen molar-refractivity contribution in [3.63, 3.8) is 0 Å². The summed E-state index contributed by atoms with van der Waals surface area (Å²) in [7, 11) is 0. The second kappa shape index (κ2) is 8.32. The van der Waals surface area contributed by atoms with E-state index in [-0.39, 0.29) is 12.1 Å². The van der Waals surface area contributed by atoms with Crippen LogP contribution in [0.5, 0.6) is 0 Å². The largest absolute Gasteiger partial charge is 0.351 e. The molecule has 5 rings (SSSR count). The molecule has 1 fully saturated rings. The van der Waals surface area contributed by atoms with Crippen LogP contribution in [0.3, 0.4) is 0 Å². The van der Waals surface area contributed by atoms with Crippen molar-refractivity contribution >= 4 is 23.0 Å². The summed E-state index contributed by atoms with van der Waals surface area (Å²) in [6.07, 6.45) is 5.77. The van der Waals surface area contributed by atoms with Gasteiger partial charge in [-0.1, -0.05) is 29.8 Å². The van der Waals surface area contributed by atoms with E-state index in [0.717, 1.165) is 22.8 Å². The van der Waals surface area contributed by atoms with Gasteiger partial charge < -0.3 is 14.8 Å². The summed E-state index contributed by atoms with van der Waals surface area (Å²) in [6.45, 7) is 2.79. The molecule has 3 aromatic heterocycles. The summed E-state index contributed by atoms with van der Waals surface area (Å²) in [5.41, 5.74) is 5.43. The first-order valence-electron chi connectivity index (χ1n) is 10.3. The van der Waals surface area contributed by atoms with Crippen LogP contribution < -0.4 is 10.2 Å². The normalized spacial score (nSPS) is 18.2. The molecule has 0 unspecified atom stereocenters. The van der Waals surface area contributed by atoms with E-state index in [0.29, 0.717) is 11.7 Å². The van der Waals surface area contributed by atoms with E-state index >= 15 is 0 Å². The van der Waals surface area contributed by atoms with E-state index < -0.39 is 0 Å². The number of aromatic nitrogens is 3. The lowest BCUT2D eigenvalue weighted by Crippen LogP contribution is -2.30. The van der Waals surface area contributed by atoms with Gasteiger partial charge in [-0.25, -0.2) is 0 Å². The fourth-order valence-corrected chi connectivity index (χ4v) is 4.49. The molecule has 0 aliphatic carbocycles. The molecule has 1 aromatic carbocycles. The molecule has 0 radical (unpaired) electrons. The summed E-state index contributed by atoms with van der Waals surface area (Å²) in [6, 6.07) is 24.7. The molecule has 0 amide bonds. The Morgan fingerprint density at radius 2 is 1.68 bits per heavy atom. The number of nitrogens with one attached hydrogen (secondary N) is 1. The number of anilines is 1. The number of aryl methyl sites for hydroxylation is 1. The van der Waals surface area contributed by atoms with Gasteiger partial charge in [0.25, 0.3) is 0 Å². The first-order valence-corrected chi connectivity index (χ1v) is 10.7. The Morgan fingerprint density at radius 1 is 0.903 bits per heavy atom. The Morgan fingerprint density at radius 3 is 2.39 bits per heavy atom. The Balaban J connectivity index is 1.60. The van der Waals surface area contributed by atoms with Gasteiger partial charge in [-0.3, -0.25) is 9.97 Å². The minimum Gasteiger partial charge on any atom is -0.351 e. The van der Waals surface area contributed by atoms with E-state index in [9.17, 15) is 0 Å². The lowest BCUT2D eigenvalue weighted by molar-refractivity contribution is 0.532. The summed E-state index contributed by atoms with van der Waals surface area (Å²) in [5, 5.41) is 4.23. The van der Waals surface area contributed by atoms with E-state index in [4.69, 9.17) is 12.2 Å². The molecule has 0 bridgehead atoms. The summed E-state index contributed by atoms with van der Waals surface area (Å²) >= 11 is 5.82. The predicted molar refractivity (Wildman–Crippen MR) is 127 cm³/mol. The third-order valence-corrected chi connectivity index (χ3v) is 5.95. The maximum atomic E-state index is 5.82. The molecule has 1 aliphatic rings. The molecule has 4 heterocycles. The number of hydrogen-bond donors (Lipinski definition) is 1. The van der Waals surface area contributed by atoms with Crippen molar-refractivity contribution in [3.05, 3.63) is 114 Å². The van der Waals surface area contributed by atoms with Crippen molar-refractivity contribution in [2.45, 2.75) is 25.6 Å². The second-order valence-electron chi connectivity index (χ2n) is 7.71. The number of thiocarbonyl (C=S) groups is 1. The van der Waals surface area contributed by atoms with Crippen LogP contribution in [0.4, 0.5) is 5.69 Å². The second-order valence-corrected chi connectivity index (χ2v) is 8.10. The first kappa shape index (κ1) is 19.5. The van der Waals surface area contributed by atoms with Gasteiger partial charge in [-0.15, -0.1) is 0 Å². The van der Waals surface area contributed by atoms with Crippen molar-refractivity contribution in [3.8, 4) is 0 Å². The maximum absolute atomic E-state index is 5.82. The third-order valence-electron chi connectivity index (χ3n) is 5.64. The smallest absolute Gasteiger partial charge is 0.174 e. The van der Waals surface area contributed by atoms with Crippen molar-refractivity contribution in [1.29, 1.82) is 0 Å². The standard InChI is InChI=1S/C25H23N5S/c1-18-10-12-20(13-11-18)30-24(23(28-25(30)31)21-8-3-5-15-27-21)22-9-6-16-29(22)17-19-7-2-4-14-26-19/h2-16,23-24H,17H2,1H3,(H,28,31)/t23-,24-/m0/s1. The maximum Gasteiger partial charge on any atom is 0.174 e. The van der Waals surface area contributed by atoms with Crippen molar-refractivity contribution in [2.24, 2.45) is 0 Å². The monoisotopic (exact) mass is 425 g/mol. The zero-order chi connectivity index (χ0) is 21.2. The number of rotatable bonds is 5. The van der Waals surface area contributed by atoms with Gasteiger partial charge in [0.2, 0.25) is 0 Å². The van der Waals surface area contributed by atoms with Crippen LogP contribution in [-0.4, -0.2) is 19.6 Å². The van der Waals surface area contributed by atoms with Crippen LogP contribution in [0.1, 0.15) is 34.7 Å². The molecule has 1 saturated heterocycles. The Kier molecular flexibility index (Phi) is 5.22. The Labute approximate surface area is 187 Å². The van der Waals surface area contributed by atoms with E-state index in [1.54, 1.807) is 0 Å². The fourth-order valence-electron chi connectivity index (χ4n) is 4.14. The van der Waals surface area contributed by atoms with Gasteiger partial charge in [-0.05, 0) is 67.7 Å². The van der Waals surface area contributed by atoms with Crippen LogP contribution in [0.15, 0.2) is 91.4 Å². The third kappa shape index (κ3) is 3.82. The zero-order valence-electron chi connectivity index (χ0n) is 17.2. The van der Waals surface area contributed by atoms with Crippen molar-refractivity contribution in [2.75, 3.05) is 4.90 Å². The van der Waals surface area contributed by atoms with Gasteiger partial charge in [0.05, 0.1) is 24.0 Å². The highest BCUT2D eigenvalue weighted by Crippen LogP contribution is 2.41. The molecule has 2 atom stereocenters. The highest BCUT2D eigenvalue weighted by atomic mass is 32.1. The average molecular weight is 426 g/mol. The minimum atomic E-state index is -0.0626. The summed E-state index contributed by atoms with van der Waals surface area (Å²) in [5.74, 6) is 0. The minimum absolute atomic E-state index is 0.0381. The summed E-state index contributed by atoms with van der Waals surface area (Å²) < 4.78 is 2.25. The topological polar surface area (TPSA) is 46.0 Å². The predicted octanol–water partition coefficient (Wildman–Crippen LogP) is 4.81. The molecule has 5 nitrogen and oxygen atoms in total.